The van der Waals surface area contributed by atoms with Crippen LogP contribution in [-0.2, 0) is 21.9 Å². The van der Waals surface area contributed by atoms with Gasteiger partial charge in [0, 0.05) is 50.7 Å². The normalized spacial score (nSPS) is 22.9. The Morgan fingerprint density at radius 1 is 1.19 bits per heavy atom. The summed E-state index contributed by atoms with van der Waals surface area (Å²) in [6, 6.07) is 5.69. The van der Waals surface area contributed by atoms with Gasteiger partial charge in [-0.15, -0.1) is 0 Å². The lowest BCUT2D eigenvalue weighted by Crippen LogP contribution is -2.36. The lowest BCUT2D eigenvalue weighted by atomic mass is 10.0. The predicted molar refractivity (Wildman–Crippen MR) is 123 cm³/mol. The van der Waals surface area contributed by atoms with Crippen molar-refractivity contribution in [2.45, 2.75) is 38.1 Å². The maximum absolute atomic E-state index is 13.4. The monoisotopic (exact) mass is 479 g/mol. The summed E-state index contributed by atoms with van der Waals surface area (Å²) in [6.07, 6.45) is 0.203. The summed E-state index contributed by atoms with van der Waals surface area (Å²) in [4.78, 5) is 14.4. The number of nitrogens with two attached hydrogens (primary N) is 1. The van der Waals surface area contributed by atoms with Crippen LogP contribution in [0.2, 0.25) is 5.02 Å². The zero-order valence-electron chi connectivity index (χ0n) is 18.9. The van der Waals surface area contributed by atoms with Gasteiger partial charge in [-0.05, 0) is 49.8 Å². The molecule has 32 heavy (non-hydrogen) atoms. The van der Waals surface area contributed by atoms with Crippen molar-refractivity contribution in [1.82, 2.24) is 19.0 Å². The first-order chi connectivity index (χ1) is 15.0. The van der Waals surface area contributed by atoms with E-state index in [0.29, 0.717) is 47.5 Å². The molecule has 10 heteroatoms. The van der Waals surface area contributed by atoms with Crippen LogP contribution in [0.15, 0.2) is 23.1 Å². The SMILES string of the molecule is Cc1ccc(C(CC(N)=O)N2CC3CN(S(=O)(=O)c4c(C)nn(C)c4C)CC3C2)cc1Cl. The molecule has 1 amide bonds. The van der Waals surface area contributed by atoms with Gasteiger partial charge in [0.2, 0.25) is 15.9 Å². The zero-order chi connectivity index (χ0) is 23.4. The van der Waals surface area contributed by atoms with Crippen LogP contribution in [0, 0.1) is 32.6 Å². The number of benzene rings is 1. The molecule has 8 nitrogen and oxygen atoms in total. The number of rotatable bonds is 6. The van der Waals surface area contributed by atoms with Crippen molar-refractivity contribution in [3.05, 3.63) is 45.7 Å². The van der Waals surface area contributed by atoms with E-state index in [-0.39, 0.29) is 30.2 Å². The summed E-state index contributed by atoms with van der Waals surface area (Å²) in [6.45, 7) is 7.82. The second-order valence-corrected chi connectivity index (χ2v) is 11.4. The molecule has 3 atom stereocenters. The highest BCUT2D eigenvalue weighted by Crippen LogP contribution is 2.40. The maximum atomic E-state index is 13.4. The van der Waals surface area contributed by atoms with Gasteiger partial charge < -0.3 is 5.73 Å². The third-order valence-corrected chi connectivity index (χ3v) is 9.43. The summed E-state index contributed by atoms with van der Waals surface area (Å²) >= 11 is 6.34. The quantitative estimate of drug-likeness (QED) is 0.684. The minimum Gasteiger partial charge on any atom is -0.370 e. The number of fused-ring (bicyclic) bond motifs is 1. The van der Waals surface area contributed by atoms with Crippen LogP contribution < -0.4 is 5.73 Å². The number of primary amides is 1. The van der Waals surface area contributed by atoms with Gasteiger partial charge in [-0.1, -0.05) is 23.7 Å². The van der Waals surface area contributed by atoms with E-state index in [1.807, 2.05) is 25.1 Å². The Morgan fingerprint density at radius 2 is 1.81 bits per heavy atom. The number of hydrogen-bond acceptors (Lipinski definition) is 5. The Kier molecular flexibility index (Phi) is 6.13. The molecule has 2 saturated heterocycles. The first-order valence-electron chi connectivity index (χ1n) is 10.8. The van der Waals surface area contributed by atoms with Crippen LogP contribution in [0.4, 0.5) is 0 Å². The predicted octanol–water partition coefficient (Wildman–Crippen LogP) is 2.17. The molecule has 1 aromatic heterocycles. The molecular weight excluding hydrogens is 450 g/mol. The molecule has 2 aliphatic heterocycles. The van der Waals surface area contributed by atoms with Gasteiger partial charge in [-0.3, -0.25) is 14.4 Å². The molecule has 0 bridgehead atoms. The number of amides is 1. The van der Waals surface area contributed by atoms with Gasteiger partial charge in [-0.2, -0.15) is 9.40 Å². The van der Waals surface area contributed by atoms with Gasteiger partial charge in [0.25, 0.3) is 0 Å². The van der Waals surface area contributed by atoms with Crippen molar-refractivity contribution in [3.63, 3.8) is 0 Å². The molecule has 3 heterocycles. The molecule has 2 aliphatic rings. The van der Waals surface area contributed by atoms with E-state index < -0.39 is 10.0 Å². The van der Waals surface area contributed by atoms with Crippen molar-refractivity contribution in [2.75, 3.05) is 26.2 Å². The number of likely N-dealkylation sites (tertiary alicyclic amines) is 1. The first-order valence-corrected chi connectivity index (χ1v) is 12.6. The molecule has 4 rings (SSSR count). The number of carbonyl (C=O) groups is 1. The molecule has 2 fully saturated rings. The Labute approximate surface area is 194 Å². The number of nitrogens with zero attached hydrogens (tertiary/aromatic N) is 4. The van der Waals surface area contributed by atoms with Crippen molar-refractivity contribution >= 4 is 27.5 Å². The fourth-order valence-electron chi connectivity index (χ4n) is 5.16. The van der Waals surface area contributed by atoms with Gasteiger partial charge >= 0.3 is 0 Å². The van der Waals surface area contributed by atoms with E-state index in [4.69, 9.17) is 17.3 Å². The highest BCUT2D eigenvalue weighted by molar-refractivity contribution is 7.89. The van der Waals surface area contributed by atoms with Gasteiger partial charge in [0.05, 0.1) is 11.4 Å². The fraction of sp³-hybridized carbons (Fsp3) is 0.545. The third-order valence-electron chi connectivity index (χ3n) is 6.94. The van der Waals surface area contributed by atoms with E-state index in [1.165, 1.54) is 0 Å². The molecule has 2 aromatic rings. The second kappa shape index (κ2) is 8.44. The highest BCUT2D eigenvalue weighted by Gasteiger charge is 2.46. The Morgan fingerprint density at radius 3 is 2.31 bits per heavy atom. The number of sulfonamides is 1. The van der Waals surface area contributed by atoms with Crippen molar-refractivity contribution in [2.24, 2.45) is 24.6 Å². The Balaban J connectivity index is 1.53. The van der Waals surface area contributed by atoms with Crippen molar-refractivity contribution in [1.29, 1.82) is 0 Å². The highest BCUT2D eigenvalue weighted by atomic mass is 35.5. The van der Waals surface area contributed by atoms with Crippen LogP contribution >= 0.6 is 11.6 Å². The lowest BCUT2D eigenvalue weighted by molar-refractivity contribution is -0.119. The summed E-state index contributed by atoms with van der Waals surface area (Å²) in [5.41, 5.74) is 8.69. The summed E-state index contributed by atoms with van der Waals surface area (Å²) in [7, 11) is -1.84. The third kappa shape index (κ3) is 4.07. The molecule has 3 unspecified atom stereocenters. The van der Waals surface area contributed by atoms with Crippen LogP contribution in [0.1, 0.15) is 35.0 Å². The molecule has 0 radical (unpaired) electrons. The molecule has 2 N–H and O–H groups in total. The molecule has 0 saturated carbocycles. The largest absolute Gasteiger partial charge is 0.370 e. The van der Waals surface area contributed by atoms with E-state index in [0.717, 1.165) is 11.1 Å². The van der Waals surface area contributed by atoms with Crippen LogP contribution in [0.5, 0.6) is 0 Å². The van der Waals surface area contributed by atoms with Crippen LogP contribution in [-0.4, -0.2) is 59.5 Å². The van der Waals surface area contributed by atoms with E-state index in [1.54, 1.807) is 29.9 Å². The average molecular weight is 480 g/mol. The molecular formula is C22H30ClN5O3S. The van der Waals surface area contributed by atoms with E-state index >= 15 is 0 Å². The van der Waals surface area contributed by atoms with E-state index in [9.17, 15) is 13.2 Å². The van der Waals surface area contributed by atoms with Crippen molar-refractivity contribution in [3.8, 4) is 0 Å². The topological polar surface area (TPSA) is 102 Å². The number of aromatic nitrogens is 2. The van der Waals surface area contributed by atoms with Crippen molar-refractivity contribution < 1.29 is 13.2 Å². The number of aryl methyl sites for hydroxylation is 3. The van der Waals surface area contributed by atoms with Gasteiger partial charge in [0.15, 0.2) is 0 Å². The fourth-order valence-corrected chi connectivity index (χ4v) is 7.30. The van der Waals surface area contributed by atoms with Gasteiger partial charge in [0.1, 0.15) is 4.90 Å². The minimum atomic E-state index is -3.60. The lowest BCUT2D eigenvalue weighted by Gasteiger charge is -2.29. The molecule has 1 aromatic carbocycles. The zero-order valence-corrected chi connectivity index (χ0v) is 20.4. The van der Waals surface area contributed by atoms with E-state index in [2.05, 4.69) is 10.00 Å². The molecule has 0 aliphatic carbocycles. The Hall–Kier alpha value is -1.94. The smallest absolute Gasteiger partial charge is 0.246 e. The summed E-state index contributed by atoms with van der Waals surface area (Å²) in [5, 5.41) is 4.94. The summed E-state index contributed by atoms with van der Waals surface area (Å²) in [5.74, 6) is 0.0483. The molecule has 174 valence electrons. The average Bonchev–Trinajstić information content (AvgIpc) is 3.34. The van der Waals surface area contributed by atoms with Crippen LogP contribution in [0.3, 0.4) is 0 Å². The maximum Gasteiger partial charge on any atom is 0.246 e. The summed E-state index contributed by atoms with van der Waals surface area (Å²) < 4.78 is 29.9. The standard InChI is InChI=1S/C22H30ClN5O3S/c1-13-5-6-16(7-19(13)23)20(8-21(24)29)27-9-17-11-28(12-18(17)10-27)32(30,31)22-14(2)25-26(4)15(22)3/h5-7,17-18,20H,8-12H2,1-4H3,(H2,24,29). The van der Waals surface area contributed by atoms with Crippen LogP contribution in [0.25, 0.3) is 0 Å². The number of halogens is 1. The van der Waals surface area contributed by atoms with Gasteiger partial charge in [-0.25, -0.2) is 8.42 Å². The number of carbonyl (C=O) groups excluding carboxylic acids is 1. The first kappa shape index (κ1) is 23.2. The number of hydrogen-bond donors (Lipinski definition) is 1. The molecule has 0 spiro atoms. The second-order valence-electron chi connectivity index (χ2n) is 9.11. The Bertz CT molecular complexity index is 1150. The minimum absolute atomic E-state index is 0.163.